The molecular formula is C55H112NO11P. The first-order chi connectivity index (χ1) is 32.9. The molecule has 13 heteroatoms. The fraction of sp³-hybridized carbons (Fsp3) is 0.945. The molecule has 0 aromatic rings. The lowest BCUT2D eigenvalue weighted by Gasteiger charge is -2.20. The number of carbonyl (C=O) groups is 3. The standard InChI is InChI=1S/C42H82NO10P.C7H16O.C6H14/c1-3-5-7-9-11-13-15-17-19-21-23-25-27-29-31-33-40(44)50-37-39(38-52-54(48,49)51-36-35-43-42(46)47)53-41(45)34-32-30-28-26-24-22-20-18-16-14-12-10-8-6-4-2;1-3-7(4-2)5-6-8;1-4-6(3)5-2/h39,43H,3-38H2,1-2H3,(H,46,47)(H,48,49);7-8H,3-6H2,1-2H3;6H,4-5H2,1-3H3. The normalized spacial score (nSPS) is 12.5. The van der Waals surface area contributed by atoms with Gasteiger partial charge in [0.1, 0.15) is 6.61 Å². The van der Waals surface area contributed by atoms with E-state index in [1.807, 2.05) is 5.32 Å². The summed E-state index contributed by atoms with van der Waals surface area (Å²) in [5, 5.41) is 19.2. The number of ether oxygens (including phenoxy) is 2. The first kappa shape index (κ1) is 70.5. The predicted octanol–water partition coefficient (Wildman–Crippen LogP) is 16.6. The molecule has 0 rings (SSSR count). The fourth-order valence-corrected chi connectivity index (χ4v) is 8.35. The molecule has 408 valence electrons. The van der Waals surface area contributed by atoms with Crippen LogP contribution in [0.4, 0.5) is 4.79 Å². The molecule has 0 aliphatic carbocycles. The lowest BCUT2D eigenvalue weighted by atomic mass is 10.0. The van der Waals surface area contributed by atoms with Crippen molar-refractivity contribution < 1.29 is 52.6 Å². The lowest BCUT2D eigenvalue weighted by molar-refractivity contribution is -0.161. The lowest BCUT2D eigenvalue weighted by Crippen LogP contribution is -2.30. The second-order valence-electron chi connectivity index (χ2n) is 19.1. The van der Waals surface area contributed by atoms with Crippen molar-refractivity contribution in [2.24, 2.45) is 11.8 Å². The van der Waals surface area contributed by atoms with Gasteiger partial charge in [-0.1, -0.05) is 254 Å². The molecule has 0 fully saturated rings. The zero-order chi connectivity index (χ0) is 51.2. The molecule has 0 bridgehead atoms. The number of hydrogen-bond acceptors (Lipinski definition) is 9. The number of hydrogen-bond donors (Lipinski definition) is 4. The van der Waals surface area contributed by atoms with Crippen molar-refractivity contribution in [3.05, 3.63) is 0 Å². The van der Waals surface area contributed by atoms with Crippen LogP contribution in [0.1, 0.15) is 286 Å². The molecule has 0 radical (unpaired) electrons. The van der Waals surface area contributed by atoms with E-state index >= 15 is 0 Å². The zero-order valence-corrected chi connectivity index (χ0v) is 46.4. The first-order valence-electron chi connectivity index (χ1n) is 28.4. The Balaban J connectivity index is -0.00000259. The van der Waals surface area contributed by atoms with Gasteiger partial charge in [0.05, 0.1) is 13.2 Å². The van der Waals surface area contributed by atoms with Gasteiger partial charge >= 0.3 is 25.9 Å². The number of aliphatic hydroxyl groups excluding tert-OH is 1. The third kappa shape index (κ3) is 58.6. The Kier molecular flexibility index (Phi) is 58.3. The summed E-state index contributed by atoms with van der Waals surface area (Å²) in [5.74, 6) is 0.775. The summed E-state index contributed by atoms with van der Waals surface area (Å²) in [6.07, 6.45) is 40.9. The monoisotopic (exact) mass is 994 g/mol. The van der Waals surface area contributed by atoms with Crippen molar-refractivity contribution in [1.29, 1.82) is 0 Å². The van der Waals surface area contributed by atoms with Crippen molar-refractivity contribution in [2.45, 2.75) is 292 Å². The molecule has 4 N–H and O–H groups in total. The van der Waals surface area contributed by atoms with E-state index in [4.69, 9.17) is 28.7 Å². The maximum absolute atomic E-state index is 12.6. The van der Waals surface area contributed by atoms with Gasteiger partial charge in [-0.3, -0.25) is 18.6 Å². The summed E-state index contributed by atoms with van der Waals surface area (Å²) in [6, 6.07) is 0. The molecule has 0 aliphatic rings. The highest BCUT2D eigenvalue weighted by Gasteiger charge is 2.26. The first-order valence-corrected chi connectivity index (χ1v) is 29.9. The van der Waals surface area contributed by atoms with Crippen molar-refractivity contribution in [1.82, 2.24) is 5.32 Å². The van der Waals surface area contributed by atoms with E-state index in [0.29, 0.717) is 19.4 Å². The van der Waals surface area contributed by atoms with E-state index in [1.54, 1.807) is 0 Å². The van der Waals surface area contributed by atoms with E-state index in [9.17, 15) is 23.8 Å². The van der Waals surface area contributed by atoms with Gasteiger partial charge in [-0.15, -0.1) is 0 Å². The van der Waals surface area contributed by atoms with E-state index in [1.165, 1.54) is 167 Å². The average Bonchev–Trinajstić information content (AvgIpc) is 3.33. The van der Waals surface area contributed by atoms with Crippen LogP contribution in [-0.4, -0.2) is 72.2 Å². The molecule has 0 aromatic heterocycles. The molecule has 0 heterocycles. The van der Waals surface area contributed by atoms with Crippen molar-refractivity contribution in [3.63, 3.8) is 0 Å². The average molecular weight is 994 g/mol. The number of phosphoric acid groups is 1. The highest BCUT2D eigenvalue weighted by Crippen LogP contribution is 2.43. The summed E-state index contributed by atoms with van der Waals surface area (Å²) < 4.78 is 32.9. The summed E-state index contributed by atoms with van der Waals surface area (Å²) in [5.41, 5.74) is 0. The number of unbranched alkanes of at least 4 members (excludes halogenated alkanes) is 28. The molecule has 12 nitrogen and oxygen atoms in total. The molecule has 0 aliphatic heterocycles. The van der Waals surface area contributed by atoms with Crippen LogP contribution in [0.2, 0.25) is 0 Å². The summed E-state index contributed by atoms with van der Waals surface area (Å²) in [4.78, 5) is 45.6. The number of carboxylic acid groups (broad SMARTS) is 1. The van der Waals surface area contributed by atoms with Crippen LogP contribution in [0, 0.1) is 11.8 Å². The van der Waals surface area contributed by atoms with Crippen molar-refractivity contribution in [3.8, 4) is 0 Å². The fourth-order valence-electron chi connectivity index (χ4n) is 7.60. The minimum Gasteiger partial charge on any atom is -0.465 e. The van der Waals surface area contributed by atoms with Gasteiger partial charge in [0, 0.05) is 26.0 Å². The van der Waals surface area contributed by atoms with Crippen LogP contribution in [0.25, 0.3) is 0 Å². The topological polar surface area (TPSA) is 178 Å². The molecule has 2 atom stereocenters. The van der Waals surface area contributed by atoms with Gasteiger partial charge in [-0.2, -0.15) is 0 Å². The Morgan fingerprint density at radius 2 is 0.882 bits per heavy atom. The number of nitrogens with one attached hydrogen (secondary N) is 1. The Morgan fingerprint density at radius 1 is 0.515 bits per heavy atom. The number of phosphoric ester groups is 1. The Hall–Kier alpha value is -1.72. The number of carbonyl (C=O) groups excluding carboxylic acids is 2. The second-order valence-corrected chi connectivity index (χ2v) is 20.6. The minimum absolute atomic E-state index is 0.190. The third-order valence-corrected chi connectivity index (χ3v) is 13.8. The van der Waals surface area contributed by atoms with Crippen LogP contribution in [0.5, 0.6) is 0 Å². The van der Waals surface area contributed by atoms with Gasteiger partial charge in [0.15, 0.2) is 6.10 Å². The molecule has 0 aromatic carbocycles. The number of amides is 1. The van der Waals surface area contributed by atoms with Crippen LogP contribution in [-0.2, 0) is 32.7 Å². The van der Waals surface area contributed by atoms with Crippen LogP contribution >= 0.6 is 7.82 Å². The van der Waals surface area contributed by atoms with E-state index in [0.717, 1.165) is 56.8 Å². The summed E-state index contributed by atoms with van der Waals surface area (Å²) in [7, 11) is -4.56. The SMILES string of the molecule is CCC(C)CC.CCC(CC)CCO.CCCCCCCCCCCCCCCCCC(=O)OCC(COP(=O)(O)OCCNC(=O)O)OC(=O)CCCCCCCCCCCCCCCCC. The van der Waals surface area contributed by atoms with E-state index in [-0.39, 0.29) is 26.0 Å². The molecule has 0 saturated heterocycles. The zero-order valence-electron chi connectivity index (χ0n) is 45.5. The van der Waals surface area contributed by atoms with E-state index < -0.39 is 45.2 Å². The molecular weight excluding hydrogens is 882 g/mol. The minimum atomic E-state index is -4.56. The number of rotatable bonds is 48. The van der Waals surface area contributed by atoms with Crippen LogP contribution in [0.15, 0.2) is 0 Å². The maximum Gasteiger partial charge on any atom is 0.472 e. The maximum atomic E-state index is 12.6. The largest absolute Gasteiger partial charge is 0.472 e. The predicted molar refractivity (Wildman–Crippen MR) is 283 cm³/mol. The van der Waals surface area contributed by atoms with Crippen molar-refractivity contribution >= 4 is 25.9 Å². The van der Waals surface area contributed by atoms with Gasteiger partial charge in [-0.05, 0) is 31.1 Å². The Morgan fingerprint density at radius 3 is 1.19 bits per heavy atom. The smallest absolute Gasteiger partial charge is 0.465 e. The van der Waals surface area contributed by atoms with Crippen molar-refractivity contribution in [2.75, 3.05) is 33.0 Å². The number of aliphatic hydroxyl groups is 1. The van der Waals surface area contributed by atoms with Crippen LogP contribution < -0.4 is 5.32 Å². The van der Waals surface area contributed by atoms with Gasteiger partial charge < -0.3 is 29.9 Å². The molecule has 68 heavy (non-hydrogen) atoms. The molecule has 0 saturated carbocycles. The van der Waals surface area contributed by atoms with Gasteiger partial charge in [0.25, 0.3) is 0 Å². The second kappa shape index (κ2) is 56.2. The van der Waals surface area contributed by atoms with Crippen LogP contribution in [0.3, 0.4) is 0 Å². The van der Waals surface area contributed by atoms with Gasteiger partial charge in [0.2, 0.25) is 0 Å². The molecule has 2 unspecified atom stereocenters. The van der Waals surface area contributed by atoms with E-state index in [2.05, 4.69) is 48.5 Å². The summed E-state index contributed by atoms with van der Waals surface area (Å²) >= 11 is 0. The highest BCUT2D eigenvalue weighted by molar-refractivity contribution is 7.47. The molecule has 0 spiro atoms. The highest BCUT2D eigenvalue weighted by atomic mass is 31.2. The Bertz CT molecular complexity index is 1110. The quantitative estimate of drug-likeness (QED) is 0.0259. The molecule has 1 amide bonds. The third-order valence-electron chi connectivity index (χ3n) is 12.8. The summed E-state index contributed by atoms with van der Waals surface area (Å²) in [6.45, 7) is 14.5. The van der Waals surface area contributed by atoms with Gasteiger partial charge in [-0.25, -0.2) is 9.36 Å². The Labute approximate surface area is 419 Å². The number of esters is 2.